The normalized spacial score (nSPS) is 17.3. The quantitative estimate of drug-likeness (QED) is 0.827. The van der Waals surface area contributed by atoms with Gasteiger partial charge in [-0.1, -0.05) is 29.8 Å². The highest BCUT2D eigenvalue weighted by Crippen LogP contribution is 2.31. The Kier molecular flexibility index (Phi) is 4.89. The molecule has 2 atom stereocenters. The Balaban J connectivity index is 1.85. The van der Waals surface area contributed by atoms with Gasteiger partial charge in [0, 0.05) is 28.0 Å². The maximum Gasteiger partial charge on any atom is 0.307 e. The summed E-state index contributed by atoms with van der Waals surface area (Å²) in [5.74, 6) is -0.882. The molecule has 2 aromatic carbocycles. The Morgan fingerprint density at radius 1 is 1.21 bits per heavy atom. The van der Waals surface area contributed by atoms with Crippen molar-refractivity contribution in [2.75, 3.05) is 4.31 Å². The Bertz CT molecular complexity index is 794. The van der Waals surface area contributed by atoms with Gasteiger partial charge in [0.15, 0.2) is 0 Å². The Hall–Kier alpha value is -1.89. The fraction of sp³-hybridized carbons (Fsp3) is 0.235. The van der Waals surface area contributed by atoms with E-state index in [1.54, 1.807) is 30.3 Å². The minimum Gasteiger partial charge on any atom is -0.755 e. The molecule has 1 N–H and O–H groups in total. The van der Waals surface area contributed by atoms with Crippen molar-refractivity contribution in [2.24, 2.45) is 0 Å². The zero-order valence-electron chi connectivity index (χ0n) is 12.6. The molecule has 0 saturated heterocycles. The zero-order valence-corrected chi connectivity index (χ0v) is 14.2. The highest BCUT2D eigenvalue weighted by atomic mass is 35.5. The number of nitrogens with zero attached hydrogens (tertiary/aromatic N) is 1. The molecule has 5 nitrogen and oxygen atoms in total. The minimum atomic E-state index is -2.41. The molecule has 0 heterocycles. The predicted octanol–water partition coefficient (Wildman–Crippen LogP) is 2.74. The largest absolute Gasteiger partial charge is 0.755 e. The first-order chi connectivity index (χ1) is 11.4. The second-order valence-electron chi connectivity index (χ2n) is 5.75. The van der Waals surface area contributed by atoms with Gasteiger partial charge in [0.05, 0.1) is 6.42 Å². The number of hydrogen-bond acceptors (Lipinski definition) is 3. The fourth-order valence-electron chi connectivity index (χ4n) is 3.11. The molecule has 0 amide bonds. The molecule has 0 bridgehead atoms. The maximum atomic E-state index is 11.8. The lowest BCUT2D eigenvalue weighted by Crippen LogP contribution is -2.37. The van der Waals surface area contributed by atoms with Crippen molar-refractivity contribution < 1.29 is 18.7 Å². The SMILES string of the molecule is O=C(O)Cc1ccc2c(c1)CC(N(c1ccc(Cl)cc1)S(=O)[O-])C2. The number of carbonyl (C=O) groups is 1. The lowest BCUT2D eigenvalue weighted by atomic mass is 10.0. The van der Waals surface area contributed by atoms with Gasteiger partial charge in [-0.25, -0.2) is 0 Å². The molecule has 0 aliphatic heterocycles. The lowest BCUT2D eigenvalue weighted by Gasteiger charge is -2.32. The molecule has 7 heteroatoms. The van der Waals surface area contributed by atoms with Crippen molar-refractivity contribution in [1.29, 1.82) is 0 Å². The highest BCUT2D eigenvalue weighted by Gasteiger charge is 2.28. The van der Waals surface area contributed by atoms with Gasteiger partial charge in [-0.15, -0.1) is 0 Å². The molecular weight excluding hydrogens is 350 g/mol. The molecule has 0 fully saturated rings. The number of fused-ring (bicyclic) bond motifs is 1. The summed E-state index contributed by atoms with van der Waals surface area (Å²) in [6.45, 7) is 0. The summed E-state index contributed by atoms with van der Waals surface area (Å²) in [5, 5.41) is 9.44. The maximum absolute atomic E-state index is 11.8. The number of hydrogen-bond donors (Lipinski definition) is 1. The number of benzene rings is 2. The summed E-state index contributed by atoms with van der Waals surface area (Å²) < 4.78 is 24.9. The van der Waals surface area contributed by atoms with Gasteiger partial charge >= 0.3 is 5.97 Å². The number of aliphatic carboxylic acids is 1. The first kappa shape index (κ1) is 17.0. The summed E-state index contributed by atoms with van der Waals surface area (Å²) in [4.78, 5) is 10.8. The van der Waals surface area contributed by atoms with Gasteiger partial charge in [-0.3, -0.25) is 13.3 Å². The third-order valence-corrected chi connectivity index (χ3v) is 5.19. The first-order valence-corrected chi connectivity index (χ1v) is 8.81. The van der Waals surface area contributed by atoms with E-state index in [-0.39, 0.29) is 12.5 Å². The molecule has 2 aromatic rings. The Morgan fingerprint density at radius 3 is 2.50 bits per heavy atom. The van der Waals surface area contributed by atoms with E-state index in [4.69, 9.17) is 16.7 Å². The van der Waals surface area contributed by atoms with Crippen LogP contribution in [0.4, 0.5) is 5.69 Å². The van der Waals surface area contributed by atoms with Crippen LogP contribution in [-0.2, 0) is 35.3 Å². The fourth-order valence-corrected chi connectivity index (χ4v) is 3.92. The molecule has 0 spiro atoms. The molecule has 2 unspecified atom stereocenters. The molecular formula is C17H15ClNO4S-. The third-order valence-electron chi connectivity index (χ3n) is 4.11. The number of carboxylic acids is 1. The molecule has 0 radical (unpaired) electrons. The number of rotatable bonds is 5. The van der Waals surface area contributed by atoms with E-state index in [1.165, 1.54) is 4.31 Å². The van der Waals surface area contributed by atoms with Gasteiger partial charge in [0.1, 0.15) is 0 Å². The summed E-state index contributed by atoms with van der Waals surface area (Å²) >= 11 is 3.46. The third kappa shape index (κ3) is 3.61. The van der Waals surface area contributed by atoms with Crippen LogP contribution >= 0.6 is 11.6 Å². The Labute approximate surface area is 147 Å². The number of halogens is 1. The van der Waals surface area contributed by atoms with Crippen LogP contribution in [0.2, 0.25) is 5.02 Å². The molecule has 0 aromatic heterocycles. The van der Waals surface area contributed by atoms with Crippen LogP contribution in [0, 0.1) is 0 Å². The van der Waals surface area contributed by atoms with Gasteiger partial charge in [0.25, 0.3) is 0 Å². The minimum absolute atomic E-state index is 0.0354. The van der Waals surface area contributed by atoms with E-state index >= 15 is 0 Å². The van der Waals surface area contributed by atoms with Crippen LogP contribution in [0.15, 0.2) is 42.5 Å². The molecule has 1 aliphatic rings. The van der Waals surface area contributed by atoms with E-state index in [1.807, 2.05) is 12.1 Å². The Morgan fingerprint density at radius 2 is 1.88 bits per heavy atom. The smallest absolute Gasteiger partial charge is 0.307 e. The van der Waals surface area contributed by atoms with Crippen LogP contribution in [-0.4, -0.2) is 25.9 Å². The van der Waals surface area contributed by atoms with Gasteiger partial charge < -0.3 is 9.66 Å². The van der Waals surface area contributed by atoms with Crippen LogP contribution in [0.1, 0.15) is 16.7 Å². The van der Waals surface area contributed by atoms with Crippen molar-refractivity contribution in [3.05, 3.63) is 64.2 Å². The van der Waals surface area contributed by atoms with Crippen molar-refractivity contribution >= 4 is 34.5 Å². The van der Waals surface area contributed by atoms with Crippen molar-refractivity contribution in [1.82, 2.24) is 0 Å². The molecule has 126 valence electrons. The first-order valence-electron chi connectivity index (χ1n) is 7.40. The second kappa shape index (κ2) is 6.93. The van der Waals surface area contributed by atoms with E-state index in [2.05, 4.69) is 0 Å². The molecule has 24 heavy (non-hydrogen) atoms. The van der Waals surface area contributed by atoms with Crippen LogP contribution in [0.3, 0.4) is 0 Å². The number of anilines is 1. The van der Waals surface area contributed by atoms with E-state index in [9.17, 15) is 13.6 Å². The van der Waals surface area contributed by atoms with Crippen molar-refractivity contribution in [3.8, 4) is 0 Å². The van der Waals surface area contributed by atoms with E-state index < -0.39 is 17.2 Å². The van der Waals surface area contributed by atoms with E-state index in [0.717, 1.165) is 16.7 Å². The molecule has 1 aliphatic carbocycles. The predicted molar refractivity (Wildman–Crippen MR) is 91.8 cm³/mol. The van der Waals surface area contributed by atoms with Crippen LogP contribution < -0.4 is 4.31 Å². The average Bonchev–Trinajstić information content (AvgIpc) is 2.91. The lowest BCUT2D eigenvalue weighted by molar-refractivity contribution is -0.136. The van der Waals surface area contributed by atoms with Crippen molar-refractivity contribution in [2.45, 2.75) is 25.3 Å². The van der Waals surface area contributed by atoms with Crippen LogP contribution in [0.5, 0.6) is 0 Å². The second-order valence-corrected chi connectivity index (χ2v) is 7.02. The van der Waals surface area contributed by atoms with Crippen molar-refractivity contribution in [3.63, 3.8) is 0 Å². The summed E-state index contributed by atoms with van der Waals surface area (Å²) in [5.41, 5.74) is 3.35. The average molecular weight is 365 g/mol. The van der Waals surface area contributed by atoms with Gasteiger partial charge in [0.2, 0.25) is 0 Å². The topological polar surface area (TPSA) is 80.7 Å². The zero-order chi connectivity index (χ0) is 17.3. The highest BCUT2D eigenvalue weighted by molar-refractivity contribution is 7.80. The monoisotopic (exact) mass is 364 g/mol. The summed E-state index contributed by atoms with van der Waals surface area (Å²) in [6, 6.07) is 12.0. The molecule has 0 saturated carbocycles. The number of carboxylic acid groups (broad SMARTS) is 1. The summed E-state index contributed by atoms with van der Waals surface area (Å²) in [7, 11) is 0. The van der Waals surface area contributed by atoms with Gasteiger partial charge in [-0.2, -0.15) is 0 Å². The van der Waals surface area contributed by atoms with Crippen LogP contribution in [0.25, 0.3) is 0 Å². The standard InChI is InChI=1S/C17H16ClNO4S/c18-14-3-5-15(6-4-14)19(24(22)23)16-9-12-2-1-11(8-17(20)21)7-13(12)10-16/h1-7,16H,8-10H2,(H,20,21)(H,22,23)/p-1. The van der Waals surface area contributed by atoms with Gasteiger partial charge in [-0.05, 0) is 53.8 Å². The molecule has 3 rings (SSSR count). The van der Waals surface area contributed by atoms with E-state index in [0.29, 0.717) is 23.6 Å². The summed E-state index contributed by atoms with van der Waals surface area (Å²) in [6.07, 6.45) is 1.12.